The fourth-order valence-electron chi connectivity index (χ4n) is 2.34. The number of rotatable bonds is 6. The van der Waals surface area contributed by atoms with Gasteiger partial charge < -0.3 is 10.5 Å². The number of hydrogen-bond donors (Lipinski definition) is 1. The first kappa shape index (κ1) is 15.3. The number of benzene rings is 1. The number of methoxy groups -OCH3 is 1. The molecule has 0 radical (unpaired) electrons. The van der Waals surface area contributed by atoms with Gasteiger partial charge in [0, 0.05) is 25.7 Å². The lowest BCUT2D eigenvalue weighted by Gasteiger charge is -2.18. The van der Waals surface area contributed by atoms with Gasteiger partial charge >= 0.3 is 0 Å². The van der Waals surface area contributed by atoms with Gasteiger partial charge in [0.05, 0.1) is 12.0 Å². The van der Waals surface area contributed by atoms with Gasteiger partial charge in [0.15, 0.2) is 0 Å². The van der Waals surface area contributed by atoms with E-state index in [2.05, 4.69) is 6.92 Å². The highest BCUT2D eigenvalue weighted by atomic mass is 32.2. The quantitative estimate of drug-likeness (QED) is 0.862. The maximum atomic E-state index is 12.5. The molecule has 2 rings (SSSR count). The van der Waals surface area contributed by atoms with Crippen LogP contribution in [0.3, 0.4) is 0 Å². The lowest BCUT2D eigenvalue weighted by Crippen LogP contribution is -2.29. The molecule has 0 saturated heterocycles. The Morgan fingerprint density at radius 2 is 2.10 bits per heavy atom. The van der Waals surface area contributed by atoms with Crippen molar-refractivity contribution in [2.75, 3.05) is 20.7 Å². The van der Waals surface area contributed by atoms with Crippen molar-refractivity contribution in [3.8, 4) is 5.75 Å². The van der Waals surface area contributed by atoms with Crippen molar-refractivity contribution in [3.05, 3.63) is 23.8 Å². The third kappa shape index (κ3) is 2.97. The molecule has 0 bridgehead atoms. The highest BCUT2D eigenvalue weighted by Crippen LogP contribution is 2.38. The fraction of sp³-hybridized carbons (Fsp3) is 0.571. The van der Waals surface area contributed by atoms with Gasteiger partial charge in [-0.3, -0.25) is 0 Å². The van der Waals surface area contributed by atoms with Crippen LogP contribution in [0.25, 0.3) is 0 Å². The lowest BCUT2D eigenvalue weighted by molar-refractivity contribution is 0.409. The zero-order chi connectivity index (χ0) is 14.9. The summed E-state index contributed by atoms with van der Waals surface area (Å²) in [6.45, 7) is 2.97. The fourth-order valence-corrected chi connectivity index (χ4v) is 3.62. The Labute approximate surface area is 120 Å². The number of ether oxygens (including phenoxy) is 1. The van der Waals surface area contributed by atoms with Gasteiger partial charge in [0.1, 0.15) is 5.75 Å². The molecule has 0 amide bonds. The van der Waals surface area contributed by atoms with Crippen LogP contribution in [0.1, 0.15) is 18.9 Å². The molecule has 1 aliphatic carbocycles. The smallest absolute Gasteiger partial charge is 0.242 e. The van der Waals surface area contributed by atoms with E-state index in [1.807, 2.05) is 0 Å². The molecule has 1 aliphatic rings. The normalized spacial score (nSPS) is 22.1. The third-order valence-electron chi connectivity index (χ3n) is 3.95. The summed E-state index contributed by atoms with van der Waals surface area (Å²) in [4.78, 5) is 0.273. The van der Waals surface area contributed by atoms with E-state index < -0.39 is 10.0 Å². The predicted molar refractivity (Wildman–Crippen MR) is 78.0 cm³/mol. The van der Waals surface area contributed by atoms with Crippen molar-refractivity contribution in [2.45, 2.75) is 24.8 Å². The molecule has 1 aromatic carbocycles. The molecule has 2 unspecified atom stereocenters. The van der Waals surface area contributed by atoms with Crippen molar-refractivity contribution in [3.63, 3.8) is 0 Å². The first-order valence-electron chi connectivity index (χ1n) is 6.73. The predicted octanol–water partition coefficient (Wildman–Crippen LogP) is 1.43. The Bertz CT molecular complexity index is 586. The first-order chi connectivity index (χ1) is 9.40. The zero-order valence-electron chi connectivity index (χ0n) is 12.2. The minimum Gasteiger partial charge on any atom is -0.496 e. The Balaban J connectivity index is 2.24. The zero-order valence-corrected chi connectivity index (χ0v) is 13.0. The summed E-state index contributed by atoms with van der Waals surface area (Å²) in [5.41, 5.74) is 6.33. The topological polar surface area (TPSA) is 72.6 Å². The molecule has 1 aromatic rings. The van der Waals surface area contributed by atoms with Crippen molar-refractivity contribution in [1.82, 2.24) is 4.31 Å². The van der Waals surface area contributed by atoms with Crippen LogP contribution in [0.2, 0.25) is 0 Å². The van der Waals surface area contributed by atoms with Crippen LogP contribution in [0.15, 0.2) is 23.1 Å². The van der Waals surface area contributed by atoms with Crippen LogP contribution >= 0.6 is 0 Å². The van der Waals surface area contributed by atoms with E-state index >= 15 is 0 Å². The lowest BCUT2D eigenvalue weighted by atomic mass is 10.2. The maximum absolute atomic E-state index is 12.5. The molecule has 0 heterocycles. The second-order valence-electron chi connectivity index (χ2n) is 5.44. The van der Waals surface area contributed by atoms with E-state index in [0.29, 0.717) is 29.7 Å². The Morgan fingerprint density at radius 1 is 1.45 bits per heavy atom. The van der Waals surface area contributed by atoms with E-state index in [1.54, 1.807) is 32.4 Å². The average molecular weight is 298 g/mol. The summed E-state index contributed by atoms with van der Waals surface area (Å²) in [5.74, 6) is 1.73. The van der Waals surface area contributed by atoms with E-state index in [4.69, 9.17) is 10.5 Å². The van der Waals surface area contributed by atoms with Gasteiger partial charge in [-0.2, -0.15) is 0 Å². The summed E-state index contributed by atoms with van der Waals surface area (Å²) < 4.78 is 31.6. The second-order valence-corrected chi connectivity index (χ2v) is 7.48. The van der Waals surface area contributed by atoms with Gasteiger partial charge in [-0.25, -0.2) is 12.7 Å². The highest BCUT2D eigenvalue weighted by Gasteiger charge is 2.36. The van der Waals surface area contributed by atoms with Gasteiger partial charge in [0.2, 0.25) is 10.0 Å². The molecular weight excluding hydrogens is 276 g/mol. The van der Waals surface area contributed by atoms with E-state index in [9.17, 15) is 8.42 Å². The summed E-state index contributed by atoms with van der Waals surface area (Å²) in [7, 11) is -0.276. The van der Waals surface area contributed by atoms with Gasteiger partial charge in [-0.15, -0.1) is 0 Å². The summed E-state index contributed by atoms with van der Waals surface area (Å²) in [6, 6.07) is 4.82. The van der Waals surface area contributed by atoms with Gasteiger partial charge in [0.25, 0.3) is 0 Å². The van der Waals surface area contributed by atoms with E-state index in [0.717, 1.165) is 6.42 Å². The summed E-state index contributed by atoms with van der Waals surface area (Å²) >= 11 is 0. The van der Waals surface area contributed by atoms with Crippen LogP contribution in [0.4, 0.5) is 0 Å². The number of sulfonamides is 1. The van der Waals surface area contributed by atoms with E-state index in [-0.39, 0.29) is 11.4 Å². The molecule has 1 fully saturated rings. The maximum Gasteiger partial charge on any atom is 0.242 e. The van der Waals surface area contributed by atoms with Crippen molar-refractivity contribution >= 4 is 10.0 Å². The molecule has 112 valence electrons. The van der Waals surface area contributed by atoms with Crippen molar-refractivity contribution in [1.29, 1.82) is 0 Å². The van der Waals surface area contributed by atoms with Gasteiger partial charge in [-0.05, 0) is 36.5 Å². The third-order valence-corrected chi connectivity index (χ3v) is 5.77. The molecule has 2 N–H and O–H groups in total. The Morgan fingerprint density at radius 3 is 2.60 bits per heavy atom. The minimum absolute atomic E-state index is 0.246. The molecule has 0 spiro atoms. The van der Waals surface area contributed by atoms with Crippen LogP contribution in [0, 0.1) is 11.8 Å². The van der Waals surface area contributed by atoms with Crippen LogP contribution in [-0.4, -0.2) is 33.4 Å². The van der Waals surface area contributed by atoms with Crippen molar-refractivity contribution < 1.29 is 13.2 Å². The number of hydrogen-bond acceptors (Lipinski definition) is 4. The standard InChI is InChI=1S/C14H22N2O3S/c1-10-6-12(10)9-16(2)20(17,18)13-4-5-14(19-3)11(7-13)8-15/h4-5,7,10,12H,6,8-9,15H2,1-3H3. The largest absolute Gasteiger partial charge is 0.496 e. The number of nitrogens with zero attached hydrogens (tertiary/aromatic N) is 1. The molecule has 2 atom stereocenters. The second kappa shape index (κ2) is 5.71. The Kier molecular flexibility index (Phi) is 4.36. The number of nitrogens with two attached hydrogens (primary N) is 1. The molecular formula is C14H22N2O3S. The molecule has 0 aromatic heterocycles. The average Bonchev–Trinajstić information content (AvgIpc) is 3.13. The molecule has 6 heteroatoms. The first-order valence-corrected chi connectivity index (χ1v) is 8.17. The Hall–Kier alpha value is -1.11. The SMILES string of the molecule is COc1ccc(S(=O)(=O)N(C)CC2CC2C)cc1CN. The van der Waals surface area contributed by atoms with Crippen LogP contribution < -0.4 is 10.5 Å². The van der Waals surface area contributed by atoms with Crippen molar-refractivity contribution in [2.24, 2.45) is 17.6 Å². The van der Waals surface area contributed by atoms with Crippen LogP contribution in [0.5, 0.6) is 5.75 Å². The van der Waals surface area contributed by atoms with E-state index in [1.165, 1.54) is 4.31 Å². The molecule has 5 nitrogen and oxygen atoms in total. The van der Waals surface area contributed by atoms with Gasteiger partial charge in [-0.1, -0.05) is 6.92 Å². The molecule has 1 saturated carbocycles. The van der Waals surface area contributed by atoms with Crippen LogP contribution in [-0.2, 0) is 16.6 Å². The molecule has 0 aliphatic heterocycles. The minimum atomic E-state index is -3.45. The monoisotopic (exact) mass is 298 g/mol. The summed E-state index contributed by atoms with van der Waals surface area (Å²) in [5, 5.41) is 0. The molecule has 20 heavy (non-hydrogen) atoms. The summed E-state index contributed by atoms with van der Waals surface area (Å²) in [6.07, 6.45) is 1.11. The highest BCUT2D eigenvalue weighted by molar-refractivity contribution is 7.89.